The highest BCUT2D eigenvalue weighted by Crippen LogP contribution is 2.24. The lowest BCUT2D eigenvalue weighted by molar-refractivity contribution is 0.100. The molecule has 1 amide bonds. The van der Waals surface area contributed by atoms with E-state index < -0.39 is 5.91 Å². The molecule has 4 N–H and O–H groups in total. The van der Waals surface area contributed by atoms with Crippen LogP contribution in [0.1, 0.15) is 21.5 Å². The minimum atomic E-state index is -0.502. The smallest absolute Gasteiger partial charge is 0.248 e. The van der Waals surface area contributed by atoms with Gasteiger partial charge in [0, 0.05) is 21.8 Å². The summed E-state index contributed by atoms with van der Waals surface area (Å²) in [6.45, 7) is 2.23. The molecule has 0 aliphatic rings. The number of benzene rings is 2. The highest BCUT2D eigenvalue weighted by Gasteiger charge is 2.06. The number of amides is 1. The third kappa shape index (κ3) is 3.22. The van der Waals surface area contributed by atoms with Crippen LogP contribution >= 0.6 is 11.6 Å². The molecule has 0 aliphatic carbocycles. The lowest BCUT2D eigenvalue weighted by atomic mass is 10.1. The van der Waals surface area contributed by atoms with Gasteiger partial charge in [-0.2, -0.15) is 0 Å². The van der Waals surface area contributed by atoms with Crippen LogP contribution in [-0.2, 0) is 6.61 Å². The summed E-state index contributed by atoms with van der Waals surface area (Å²) in [4.78, 5) is 11.0. The van der Waals surface area contributed by atoms with Crippen molar-refractivity contribution in [1.29, 1.82) is 0 Å². The Bertz CT molecular complexity index is 656. The lowest BCUT2D eigenvalue weighted by Crippen LogP contribution is -2.12. The number of nitrogen functional groups attached to an aromatic ring is 1. The van der Waals surface area contributed by atoms with Crippen molar-refractivity contribution >= 4 is 23.2 Å². The molecular weight excluding hydrogens is 276 g/mol. The van der Waals surface area contributed by atoms with Gasteiger partial charge < -0.3 is 16.2 Å². The minimum absolute atomic E-state index is 0.313. The molecule has 2 aromatic carbocycles. The first-order valence-electron chi connectivity index (χ1n) is 6.04. The summed E-state index contributed by atoms with van der Waals surface area (Å²) < 4.78 is 5.70. The van der Waals surface area contributed by atoms with Gasteiger partial charge in [0.05, 0.1) is 0 Å². The molecule has 4 nitrogen and oxygen atoms in total. The van der Waals surface area contributed by atoms with Gasteiger partial charge in [-0.3, -0.25) is 4.79 Å². The number of nitrogens with two attached hydrogens (primary N) is 2. The van der Waals surface area contributed by atoms with Crippen LogP contribution in [-0.4, -0.2) is 5.91 Å². The topological polar surface area (TPSA) is 78.3 Å². The zero-order chi connectivity index (χ0) is 14.7. The lowest BCUT2D eigenvalue weighted by Gasteiger charge is -2.11. The molecule has 0 aromatic heterocycles. The van der Waals surface area contributed by atoms with Gasteiger partial charge in [-0.15, -0.1) is 0 Å². The molecule has 20 heavy (non-hydrogen) atoms. The Labute approximate surface area is 122 Å². The van der Waals surface area contributed by atoms with E-state index in [2.05, 4.69) is 0 Å². The van der Waals surface area contributed by atoms with E-state index in [0.29, 0.717) is 22.9 Å². The molecule has 0 saturated carbocycles. The number of rotatable bonds is 4. The highest BCUT2D eigenvalue weighted by molar-refractivity contribution is 6.30. The zero-order valence-corrected chi connectivity index (χ0v) is 11.8. The number of primary amides is 1. The SMILES string of the molecule is Cc1cc(Cl)ccc1OCc1ccc(C(N)=O)cc1N. The molecule has 5 heteroatoms. The van der Waals surface area contributed by atoms with Gasteiger partial charge in [0.25, 0.3) is 0 Å². The highest BCUT2D eigenvalue weighted by atomic mass is 35.5. The minimum Gasteiger partial charge on any atom is -0.489 e. The van der Waals surface area contributed by atoms with Gasteiger partial charge in [0.2, 0.25) is 5.91 Å². The van der Waals surface area contributed by atoms with E-state index in [1.165, 1.54) is 0 Å². The quantitative estimate of drug-likeness (QED) is 0.850. The zero-order valence-electron chi connectivity index (χ0n) is 11.0. The number of carbonyl (C=O) groups excluding carboxylic acids is 1. The number of aryl methyl sites for hydroxylation is 1. The maximum Gasteiger partial charge on any atom is 0.248 e. The van der Waals surface area contributed by atoms with Gasteiger partial charge in [0.15, 0.2) is 0 Å². The van der Waals surface area contributed by atoms with Crippen molar-refractivity contribution in [3.63, 3.8) is 0 Å². The molecule has 0 fully saturated rings. The Hall–Kier alpha value is -2.20. The standard InChI is InChI=1S/C15H15ClN2O2/c1-9-6-12(16)4-5-14(9)20-8-11-3-2-10(15(18)19)7-13(11)17/h2-7H,8,17H2,1H3,(H2,18,19). The Morgan fingerprint density at radius 1 is 1.25 bits per heavy atom. The van der Waals surface area contributed by atoms with Gasteiger partial charge in [-0.25, -0.2) is 0 Å². The largest absolute Gasteiger partial charge is 0.489 e. The van der Waals surface area contributed by atoms with Gasteiger partial charge in [-0.05, 0) is 42.8 Å². The second kappa shape index (κ2) is 5.84. The molecule has 104 valence electrons. The summed E-state index contributed by atoms with van der Waals surface area (Å²) in [5.74, 6) is 0.241. The van der Waals surface area contributed by atoms with Crippen molar-refractivity contribution in [3.8, 4) is 5.75 Å². The van der Waals surface area contributed by atoms with Crippen LogP contribution in [0.3, 0.4) is 0 Å². The normalized spacial score (nSPS) is 10.3. The number of carbonyl (C=O) groups is 1. The second-order valence-corrected chi connectivity index (χ2v) is 4.91. The summed E-state index contributed by atoms with van der Waals surface area (Å²) in [6.07, 6.45) is 0. The third-order valence-electron chi connectivity index (χ3n) is 2.95. The van der Waals surface area contributed by atoms with Crippen LogP contribution in [0.5, 0.6) is 5.75 Å². The monoisotopic (exact) mass is 290 g/mol. The summed E-state index contributed by atoms with van der Waals surface area (Å²) in [6, 6.07) is 10.3. The number of hydrogen-bond donors (Lipinski definition) is 2. The van der Waals surface area contributed by atoms with Gasteiger partial charge in [0.1, 0.15) is 12.4 Å². The average Bonchev–Trinajstić information content (AvgIpc) is 2.38. The summed E-state index contributed by atoms with van der Waals surface area (Å²) in [5.41, 5.74) is 13.7. The van der Waals surface area contributed by atoms with Crippen molar-refractivity contribution in [2.75, 3.05) is 5.73 Å². The summed E-state index contributed by atoms with van der Waals surface area (Å²) in [7, 11) is 0. The Kier molecular flexibility index (Phi) is 4.15. The average molecular weight is 291 g/mol. The summed E-state index contributed by atoms with van der Waals surface area (Å²) >= 11 is 5.89. The van der Waals surface area contributed by atoms with Crippen molar-refractivity contribution in [2.45, 2.75) is 13.5 Å². The van der Waals surface area contributed by atoms with Crippen LogP contribution in [0.2, 0.25) is 5.02 Å². The third-order valence-corrected chi connectivity index (χ3v) is 3.19. The molecule has 2 rings (SSSR count). The van der Waals surface area contributed by atoms with E-state index in [1.807, 2.05) is 19.1 Å². The summed E-state index contributed by atoms with van der Waals surface area (Å²) in [5, 5.41) is 0.667. The number of ether oxygens (including phenoxy) is 1. The fraction of sp³-hybridized carbons (Fsp3) is 0.133. The molecule has 0 radical (unpaired) electrons. The molecule has 0 heterocycles. The van der Waals surface area contributed by atoms with E-state index >= 15 is 0 Å². The second-order valence-electron chi connectivity index (χ2n) is 4.48. The molecule has 2 aromatic rings. The maximum absolute atomic E-state index is 11.0. The van der Waals surface area contributed by atoms with Crippen LogP contribution in [0.25, 0.3) is 0 Å². The van der Waals surface area contributed by atoms with E-state index in [4.69, 9.17) is 27.8 Å². The number of anilines is 1. The maximum atomic E-state index is 11.0. The van der Waals surface area contributed by atoms with E-state index in [0.717, 1.165) is 16.9 Å². The number of halogens is 1. The first kappa shape index (κ1) is 14.2. The molecule has 0 bridgehead atoms. The van der Waals surface area contributed by atoms with Crippen molar-refractivity contribution in [1.82, 2.24) is 0 Å². The molecule has 0 atom stereocenters. The molecule has 0 unspecified atom stereocenters. The van der Waals surface area contributed by atoms with E-state index in [1.54, 1.807) is 24.3 Å². The van der Waals surface area contributed by atoms with Crippen molar-refractivity contribution < 1.29 is 9.53 Å². The Morgan fingerprint density at radius 3 is 2.60 bits per heavy atom. The fourth-order valence-corrected chi connectivity index (χ4v) is 2.04. The van der Waals surface area contributed by atoms with Crippen LogP contribution in [0.4, 0.5) is 5.69 Å². The molecule has 0 aliphatic heterocycles. The van der Waals surface area contributed by atoms with Crippen molar-refractivity contribution in [2.24, 2.45) is 5.73 Å². The predicted octanol–water partition coefficient (Wildman–Crippen LogP) is 2.91. The first-order chi connectivity index (χ1) is 9.47. The fourth-order valence-electron chi connectivity index (χ4n) is 1.81. The van der Waals surface area contributed by atoms with Crippen LogP contribution < -0.4 is 16.2 Å². The van der Waals surface area contributed by atoms with Gasteiger partial charge in [-0.1, -0.05) is 17.7 Å². The van der Waals surface area contributed by atoms with Crippen molar-refractivity contribution in [3.05, 3.63) is 58.1 Å². The molecule has 0 spiro atoms. The Morgan fingerprint density at radius 2 is 2.00 bits per heavy atom. The number of hydrogen-bond acceptors (Lipinski definition) is 3. The van der Waals surface area contributed by atoms with Crippen LogP contribution in [0.15, 0.2) is 36.4 Å². The Balaban J connectivity index is 2.13. The van der Waals surface area contributed by atoms with Crippen LogP contribution in [0, 0.1) is 6.92 Å². The first-order valence-corrected chi connectivity index (χ1v) is 6.42. The predicted molar refractivity (Wildman–Crippen MR) is 79.9 cm³/mol. The van der Waals surface area contributed by atoms with E-state index in [-0.39, 0.29) is 0 Å². The molecular formula is C15H15ClN2O2. The van der Waals surface area contributed by atoms with Gasteiger partial charge >= 0.3 is 0 Å². The molecule has 0 saturated heterocycles. The van der Waals surface area contributed by atoms with E-state index in [9.17, 15) is 4.79 Å².